The molecule has 100 valence electrons. The van der Waals surface area contributed by atoms with Gasteiger partial charge in [-0.15, -0.1) is 0 Å². The zero-order valence-corrected chi connectivity index (χ0v) is 10.8. The number of rotatable bonds is 7. The van der Waals surface area contributed by atoms with E-state index in [2.05, 4.69) is 10.4 Å². The van der Waals surface area contributed by atoms with E-state index in [9.17, 15) is 4.79 Å². The van der Waals surface area contributed by atoms with Gasteiger partial charge in [-0.1, -0.05) is 0 Å². The lowest BCUT2D eigenvalue weighted by Crippen LogP contribution is -2.50. The third-order valence-electron chi connectivity index (χ3n) is 2.80. The standard InChI is InChI=1S/C12H20N4O2/c1-16(11(9-18-2)12(17)15-13)8-5-10-3-6-14-7-4-10/h3-4,6-7,11H,5,8-9,13H2,1-2H3,(H,15,17). The minimum Gasteiger partial charge on any atom is -0.383 e. The van der Waals surface area contributed by atoms with Crippen LogP contribution in [0.2, 0.25) is 0 Å². The van der Waals surface area contributed by atoms with Gasteiger partial charge in [0.2, 0.25) is 0 Å². The van der Waals surface area contributed by atoms with Gasteiger partial charge in [0.1, 0.15) is 6.04 Å². The zero-order valence-electron chi connectivity index (χ0n) is 10.8. The molecule has 1 amide bonds. The minimum absolute atomic E-state index is 0.242. The number of carbonyl (C=O) groups is 1. The lowest BCUT2D eigenvalue weighted by Gasteiger charge is -2.25. The smallest absolute Gasteiger partial charge is 0.253 e. The van der Waals surface area contributed by atoms with E-state index in [0.717, 1.165) is 13.0 Å². The number of aromatic nitrogens is 1. The molecule has 0 aliphatic carbocycles. The molecule has 6 heteroatoms. The van der Waals surface area contributed by atoms with Gasteiger partial charge in [0.25, 0.3) is 5.91 Å². The number of amides is 1. The van der Waals surface area contributed by atoms with E-state index < -0.39 is 0 Å². The second-order valence-corrected chi connectivity index (χ2v) is 4.07. The normalized spacial score (nSPS) is 12.4. The molecule has 1 atom stereocenters. The van der Waals surface area contributed by atoms with Gasteiger partial charge >= 0.3 is 0 Å². The van der Waals surface area contributed by atoms with Crippen molar-refractivity contribution in [2.24, 2.45) is 5.84 Å². The van der Waals surface area contributed by atoms with E-state index in [1.165, 1.54) is 5.56 Å². The Hall–Kier alpha value is -1.50. The van der Waals surface area contributed by atoms with Gasteiger partial charge in [0, 0.05) is 26.0 Å². The van der Waals surface area contributed by atoms with E-state index in [1.54, 1.807) is 19.5 Å². The quantitative estimate of drug-likeness (QED) is 0.391. The number of pyridine rings is 1. The number of nitrogens with two attached hydrogens (primary N) is 1. The van der Waals surface area contributed by atoms with Gasteiger partial charge in [0.15, 0.2) is 0 Å². The maximum atomic E-state index is 11.6. The Kier molecular flexibility index (Phi) is 6.27. The van der Waals surface area contributed by atoms with Crippen LogP contribution in [0.5, 0.6) is 0 Å². The number of nitrogens with one attached hydrogen (secondary N) is 1. The van der Waals surface area contributed by atoms with Gasteiger partial charge in [0.05, 0.1) is 6.61 Å². The summed E-state index contributed by atoms with van der Waals surface area (Å²) in [5, 5.41) is 0. The molecule has 0 aliphatic rings. The Bertz CT molecular complexity index is 358. The molecule has 0 spiro atoms. The number of methoxy groups -OCH3 is 1. The van der Waals surface area contributed by atoms with Crippen LogP contribution in [0.25, 0.3) is 0 Å². The number of hydrazine groups is 1. The van der Waals surface area contributed by atoms with Crippen LogP contribution in [0.15, 0.2) is 24.5 Å². The van der Waals surface area contributed by atoms with Crippen molar-refractivity contribution < 1.29 is 9.53 Å². The Morgan fingerprint density at radius 1 is 1.56 bits per heavy atom. The van der Waals surface area contributed by atoms with Crippen molar-refractivity contribution in [1.29, 1.82) is 0 Å². The molecule has 0 saturated heterocycles. The van der Waals surface area contributed by atoms with Crippen LogP contribution < -0.4 is 11.3 Å². The molecule has 1 heterocycles. The first-order chi connectivity index (χ1) is 8.69. The van der Waals surface area contributed by atoms with Crippen molar-refractivity contribution in [3.63, 3.8) is 0 Å². The van der Waals surface area contributed by atoms with Crippen LogP contribution in [-0.4, -0.2) is 49.1 Å². The molecule has 0 aromatic carbocycles. The summed E-state index contributed by atoms with van der Waals surface area (Å²) in [5.41, 5.74) is 3.34. The van der Waals surface area contributed by atoms with Crippen LogP contribution in [0, 0.1) is 0 Å². The Morgan fingerprint density at radius 2 is 2.22 bits per heavy atom. The number of ether oxygens (including phenoxy) is 1. The SMILES string of the molecule is COCC(C(=O)NN)N(C)CCc1ccncc1. The largest absolute Gasteiger partial charge is 0.383 e. The minimum atomic E-state index is -0.373. The summed E-state index contributed by atoms with van der Waals surface area (Å²) in [5.74, 6) is 4.92. The van der Waals surface area contributed by atoms with E-state index >= 15 is 0 Å². The van der Waals surface area contributed by atoms with Crippen LogP contribution >= 0.6 is 0 Å². The second kappa shape index (κ2) is 7.75. The zero-order chi connectivity index (χ0) is 13.4. The highest BCUT2D eigenvalue weighted by Crippen LogP contribution is 2.03. The second-order valence-electron chi connectivity index (χ2n) is 4.07. The average molecular weight is 252 g/mol. The van der Waals surface area contributed by atoms with Crippen molar-refractivity contribution >= 4 is 5.91 Å². The Balaban J connectivity index is 2.51. The molecular formula is C12H20N4O2. The third-order valence-corrected chi connectivity index (χ3v) is 2.80. The molecule has 3 N–H and O–H groups in total. The maximum Gasteiger partial charge on any atom is 0.253 e. The maximum absolute atomic E-state index is 11.6. The summed E-state index contributed by atoms with van der Waals surface area (Å²) < 4.78 is 5.03. The fourth-order valence-corrected chi connectivity index (χ4v) is 1.67. The van der Waals surface area contributed by atoms with E-state index in [1.807, 2.05) is 24.1 Å². The highest BCUT2D eigenvalue weighted by molar-refractivity contribution is 5.81. The lowest BCUT2D eigenvalue weighted by molar-refractivity contribution is -0.127. The highest BCUT2D eigenvalue weighted by Gasteiger charge is 2.21. The van der Waals surface area contributed by atoms with Crippen molar-refractivity contribution in [3.8, 4) is 0 Å². The van der Waals surface area contributed by atoms with Gasteiger partial charge < -0.3 is 4.74 Å². The van der Waals surface area contributed by atoms with Gasteiger partial charge in [-0.25, -0.2) is 5.84 Å². The van der Waals surface area contributed by atoms with Gasteiger partial charge in [-0.3, -0.25) is 20.1 Å². The first-order valence-electron chi connectivity index (χ1n) is 5.77. The summed E-state index contributed by atoms with van der Waals surface area (Å²) in [7, 11) is 3.44. The monoisotopic (exact) mass is 252 g/mol. The predicted molar refractivity (Wildman–Crippen MR) is 68.6 cm³/mol. The fraction of sp³-hybridized carbons (Fsp3) is 0.500. The molecule has 1 aromatic heterocycles. The predicted octanol–water partition coefficient (Wildman–Crippen LogP) is -0.439. The molecule has 0 fully saturated rings. The van der Waals surface area contributed by atoms with E-state index in [-0.39, 0.29) is 11.9 Å². The van der Waals surface area contributed by atoms with Gasteiger partial charge in [-0.2, -0.15) is 0 Å². The summed E-state index contributed by atoms with van der Waals surface area (Å²) in [6, 6.07) is 3.55. The topological polar surface area (TPSA) is 80.5 Å². The van der Waals surface area contributed by atoms with Crippen molar-refractivity contribution in [3.05, 3.63) is 30.1 Å². The first-order valence-corrected chi connectivity index (χ1v) is 5.77. The van der Waals surface area contributed by atoms with Crippen molar-refractivity contribution in [1.82, 2.24) is 15.3 Å². The summed E-state index contributed by atoms with van der Waals surface area (Å²) in [6.07, 6.45) is 4.36. The molecule has 0 radical (unpaired) electrons. The summed E-state index contributed by atoms with van der Waals surface area (Å²) in [6.45, 7) is 1.06. The molecular weight excluding hydrogens is 232 g/mol. The van der Waals surface area contributed by atoms with Crippen LogP contribution in [0.1, 0.15) is 5.56 Å². The number of carbonyl (C=O) groups excluding carboxylic acids is 1. The molecule has 1 rings (SSSR count). The molecule has 18 heavy (non-hydrogen) atoms. The van der Waals surface area contributed by atoms with E-state index in [4.69, 9.17) is 10.6 Å². The van der Waals surface area contributed by atoms with E-state index in [0.29, 0.717) is 6.61 Å². The number of hydrogen-bond acceptors (Lipinski definition) is 5. The highest BCUT2D eigenvalue weighted by atomic mass is 16.5. The molecule has 6 nitrogen and oxygen atoms in total. The molecule has 0 bridgehead atoms. The van der Waals surface area contributed by atoms with Crippen LogP contribution in [0.4, 0.5) is 0 Å². The van der Waals surface area contributed by atoms with Crippen molar-refractivity contribution in [2.75, 3.05) is 27.3 Å². The number of likely N-dealkylation sites (N-methyl/N-ethyl adjacent to an activating group) is 1. The van der Waals surface area contributed by atoms with Gasteiger partial charge in [-0.05, 0) is 31.2 Å². The van der Waals surface area contributed by atoms with Crippen LogP contribution in [0.3, 0.4) is 0 Å². The fourth-order valence-electron chi connectivity index (χ4n) is 1.67. The lowest BCUT2D eigenvalue weighted by atomic mass is 10.1. The molecule has 1 aromatic rings. The molecule has 0 aliphatic heterocycles. The Labute approximate surface area is 107 Å². The van der Waals surface area contributed by atoms with Crippen molar-refractivity contribution in [2.45, 2.75) is 12.5 Å². The first kappa shape index (κ1) is 14.6. The number of hydrogen-bond donors (Lipinski definition) is 2. The molecule has 0 saturated carbocycles. The number of nitrogens with zero attached hydrogens (tertiary/aromatic N) is 2. The Morgan fingerprint density at radius 3 is 2.78 bits per heavy atom. The summed E-state index contributed by atoms with van der Waals surface area (Å²) >= 11 is 0. The molecule has 1 unspecified atom stereocenters. The average Bonchev–Trinajstić information content (AvgIpc) is 2.42. The third kappa shape index (κ3) is 4.40. The summed E-state index contributed by atoms with van der Waals surface area (Å²) in [4.78, 5) is 17.5. The van der Waals surface area contributed by atoms with Crippen LogP contribution in [-0.2, 0) is 16.0 Å².